The van der Waals surface area contributed by atoms with E-state index in [0.29, 0.717) is 5.56 Å². The van der Waals surface area contributed by atoms with E-state index in [2.05, 4.69) is 26.5 Å². The van der Waals surface area contributed by atoms with Crippen molar-refractivity contribution >= 4 is 0 Å². The molecule has 0 spiro atoms. The highest BCUT2D eigenvalue weighted by Gasteiger charge is 2.31. The average molecular weight is 286 g/mol. The maximum Gasteiger partial charge on any atom is 0.123 e. The topological polar surface area (TPSA) is 40.5 Å². The van der Waals surface area contributed by atoms with Gasteiger partial charge in [-0.1, -0.05) is 37.1 Å². The molecule has 0 saturated carbocycles. The zero-order valence-corrected chi connectivity index (χ0v) is 13.3. The highest BCUT2D eigenvalue weighted by molar-refractivity contribution is 5.52. The van der Waals surface area contributed by atoms with Crippen molar-refractivity contribution in [3.63, 3.8) is 0 Å². The summed E-state index contributed by atoms with van der Waals surface area (Å²) in [5.41, 5.74) is 4.05. The number of rotatable bonds is 5. The number of aromatic hydroxyl groups is 2. The highest BCUT2D eigenvalue weighted by Crippen LogP contribution is 2.47. The Labute approximate surface area is 127 Å². The van der Waals surface area contributed by atoms with Gasteiger partial charge in [0.1, 0.15) is 11.5 Å². The second-order valence-corrected chi connectivity index (χ2v) is 6.35. The fourth-order valence-corrected chi connectivity index (χ4v) is 3.28. The summed E-state index contributed by atoms with van der Waals surface area (Å²) in [4.78, 5) is 0. The molecule has 2 N–H and O–H groups in total. The quantitative estimate of drug-likeness (QED) is 0.742. The SMILES string of the molecule is C=C(C)[C@@H]1CC(C)=C[C@H]1c1c(O)cc(CCCC)cc1O. The summed E-state index contributed by atoms with van der Waals surface area (Å²) >= 11 is 0. The van der Waals surface area contributed by atoms with Crippen molar-refractivity contribution in [3.8, 4) is 11.5 Å². The minimum atomic E-state index is 0.0303. The van der Waals surface area contributed by atoms with Gasteiger partial charge in [0.2, 0.25) is 0 Å². The Morgan fingerprint density at radius 1 is 1.29 bits per heavy atom. The smallest absolute Gasteiger partial charge is 0.123 e. The molecule has 2 rings (SSSR count). The molecule has 0 aromatic heterocycles. The minimum Gasteiger partial charge on any atom is -0.507 e. The van der Waals surface area contributed by atoms with E-state index in [1.165, 1.54) is 5.57 Å². The number of phenolic OH excluding ortho intramolecular Hbond substituents is 2. The molecule has 0 fully saturated rings. The number of allylic oxidation sites excluding steroid dienone is 3. The molecule has 0 bridgehead atoms. The van der Waals surface area contributed by atoms with E-state index in [0.717, 1.165) is 36.8 Å². The van der Waals surface area contributed by atoms with Crippen molar-refractivity contribution in [1.29, 1.82) is 0 Å². The van der Waals surface area contributed by atoms with Gasteiger partial charge in [-0.15, -0.1) is 0 Å². The molecule has 1 aromatic rings. The number of phenols is 2. The summed E-state index contributed by atoms with van der Waals surface area (Å²) in [6.07, 6.45) is 6.16. The van der Waals surface area contributed by atoms with Crippen LogP contribution >= 0.6 is 0 Å². The third-order valence-electron chi connectivity index (χ3n) is 4.42. The van der Waals surface area contributed by atoms with Crippen molar-refractivity contribution in [3.05, 3.63) is 47.1 Å². The summed E-state index contributed by atoms with van der Waals surface area (Å²) < 4.78 is 0. The monoisotopic (exact) mass is 286 g/mol. The molecule has 1 aliphatic rings. The number of aryl methyl sites for hydroxylation is 1. The molecule has 2 heteroatoms. The van der Waals surface area contributed by atoms with Crippen LogP contribution in [-0.4, -0.2) is 10.2 Å². The van der Waals surface area contributed by atoms with Gasteiger partial charge in [-0.25, -0.2) is 0 Å². The van der Waals surface area contributed by atoms with Gasteiger partial charge in [-0.3, -0.25) is 0 Å². The first kappa shape index (κ1) is 15.7. The molecule has 0 amide bonds. The van der Waals surface area contributed by atoms with E-state index in [1.54, 1.807) is 0 Å². The van der Waals surface area contributed by atoms with Crippen LogP contribution in [0.1, 0.15) is 57.1 Å². The number of unbranched alkanes of at least 4 members (excludes halogenated alkanes) is 1. The molecule has 0 aliphatic heterocycles. The van der Waals surface area contributed by atoms with Crippen molar-refractivity contribution in [2.75, 3.05) is 0 Å². The van der Waals surface area contributed by atoms with Gasteiger partial charge < -0.3 is 10.2 Å². The lowest BCUT2D eigenvalue weighted by Gasteiger charge is -2.22. The molecule has 2 atom stereocenters. The Hall–Kier alpha value is -1.70. The lowest BCUT2D eigenvalue weighted by molar-refractivity contribution is 0.422. The second kappa shape index (κ2) is 6.38. The Kier molecular flexibility index (Phi) is 4.76. The molecule has 2 nitrogen and oxygen atoms in total. The van der Waals surface area contributed by atoms with Crippen LogP contribution in [0.15, 0.2) is 35.9 Å². The fourth-order valence-electron chi connectivity index (χ4n) is 3.28. The first-order chi connectivity index (χ1) is 9.93. The first-order valence-corrected chi connectivity index (χ1v) is 7.81. The molecule has 0 unspecified atom stereocenters. The van der Waals surface area contributed by atoms with E-state index in [1.807, 2.05) is 19.1 Å². The summed E-state index contributed by atoms with van der Waals surface area (Å²) in [5.74, 6) is 0.720. The van der Waals surface area contributed by atoms with Crippen LogP contribution < -0.4 is 0 Å². The average Bonchev–Trinajstić information content (AvgIpc) is 2.77. The van der Waals surface area contributed by atoms with Gasteiger partial charge in [-0.2, -0.15) is 0 Å². The molecule has 1 aromatic carbocycles. The van der Waals surface area contributed by atoms with Gasteiger partial charge in [-0.05, 0) is 56.7 Å². The molecule has 114 valence electrons. The van der Waals surface area contributed by atoms with Crippen molar-refractivity contribution in [2.45, 2.75) is 52.4 Å². The number of benzene rings is 1. The van der Waals surface area contributed by atoms with Crippen LogP contribution in [0, 0.1) is 5.92 Å². The Balaban J connectivity index is 2.37. The van der Waals surface area contributed by atoms with Crippen molar-refractivity contribution < 1.29 is 10.2 Å². The maximum atomic E-state index is 10.4. The van der Waals surface area contributed by atoms with Crippen LogP contribution in [0.3, 0.4) is 0 Å². The summed E-state index contributed by atoms with van der Waals surface area (Å²) in [5, 5.41) is 20.8. The molecular weight excluding hydrogens is 260 g/mol. The van der Waals surface area contributed by atoms with Gasteiger partial charge in [0.15, 0.2) is 0 Å². The molecule has 1 aliphatic carbocycles. The predicted octanol–water partition coefficient (Wildman–Crippen LogP) is 5.07. The number of hydrogen-bond acceptors (Lipinski definition) is 2. The van der Waals surface area contributed by atoms with Gasteiger partial charge in [0.25, 0.3) is 0 Å². The van der Waals surface area contributed by atoms with Crippen LogP contribution in [0.4, 0.5) is 0 Å². The van der Waals surface area contributed by atoms with Crippen LogP contribution in [0.25, 0.3) is 0 Å². The molecule has 0 saturated heterocycles. The van der Waals surface area contributed by atoms with E-state index in [9.17, 15) is 10.2 Å². The Morgan fingerprint density at radius 3 is 2.43 bits per heavy atom. The largest absolute Gasteiger partial charge is 0.507 e. The van der Waals surface area contributed by atoms with Gasteiger partial charge in [0, 0.05) is 11.5 Å². The first-order valence-electron chi connectivity index (χ1n) is 7.81. The van der Waals surface area contributed by atoms with Crippen LogP contribution in [0.5, 0.6) is 11.5 Å². The van der Waals surface area contributed by atoms with Crippen LogP contribution in [0.2, 0.25) is 0 Å². The van der Waals surface area contributed by atoms with E-state index >= 15 is 0 Å². The lowest BCUT2D eigenvalue weighted by Crippen LogP contribution is -2.08. The highest BCUT2D eigenvalue weighted by atomic mass is 16.3. The van der Waals surface area contributed by atoms with Crippen LogP contribution in [-0.2, 0) is 6.42 Å². The van der Waals surface area contributed by atoms with E-state index in [4.69, 9.17) is 0 Å². The molecular formula is C19H26O2. The van der Waals surface area contributed by atoms with Gasteiger partial charge in [0.05, 0.1) is 0 Å². The van der Waals surface area contributed by atoms with E-state index < -0.39 is 0 Å². The third kappa shape index (κ3) is 3.31. The maximum absolute atomic E-state index is 10.4. The second-order valence-electron chi connectivity index (χ2n) is 6.35. The minimum absolute atomic E-state index is 0.0303. The summed E-state index contributed by atoms with van der Waals surface area (Å²) in [6.45, 7) is 10.3. The molecule has 0 heterocycles. The van der Waals surface area contributed by atoms with Gasteiger partial charge >= 0.3 is 0 Å². The molecule has 0 radical (unpaired) electrons. The Bertz CT molecular complexity index is 546. The Morgan fingerprint density at radius 2 is 1.90 bits per heavy atom. The third-order valence-corrected chi connectivity index (χ3v) is 4.42. The normalized spacial score (nSPS) is 21.4. The summed E-state index contributed by atoms with van der Waals surface area (Å²) in [6, 6.07) is 3.61. The van der Waals surface area contributed by atoms with E-state index in [-0.39, 0.29) is 23.3 Å². The zero-order chi connectivity index (χ0) is 15.6. The standard InChI is InChI=1S/C19H26O2/c1-5-6-7-14-10-17(20)19(18(21)11-14)16-9-13(4)8-15(16)12(2)3/h9-11,15-16,20-21H,2,5-8H2,1,3-4H3/t15-,16+/m0/s1. The zero-order valence-electron chi connectivity index (χ0n) is 13.3. The lowest BCUT2D eigenvalue weighted by atomic mass is 9.83. The predicted molar refractivity (Wildman–Crippen MR) is 87.8 cm³/mol. The fraction of sp³-hybridized carbons (Fsp3) is 0.474. The van der Waals surface area contributed by atoms with Crippen molar-refractivity contribution in [2.24, 2.45) is 5.92 Å². The number of hydrogen-bond donors (Lipinski definition) is 2. The molecule has 21 heavy (non-hydrogen) atoms. The summed E-state index contributed by atoms with van der Waals surface area (Å²) in [7, 11) is 0. The van der Waals surface area contributed by atoms with Crippen molar-refractivity contribution in [1.82, 2.24) is 0 Å².